The van der Waals surface area contributed by atoms with Crippen molar-refractivity contribution in [3.05, 3.63) is 22.7 Å². The summed E-state index contributed by atoms with van der Waals surface area (Å²) in [7, 11) is 0. The molecule has 1 saturated heterocycles. The van der Waals surface area contributed by atoms with Gasteiger partial charge in [-0.05, 0) is 13.8 Å². The van der Waals surface area contributed by atoms with E-state index in [2.05, 4.69) is 4.98 Å². The highest BCUT2D eigenvalue weighted by Gasteiger charge is 2.53. The number of aliphatic hydroxyl groups is 3. The van der Waals surface area contributed by atoms with Crippen LogP contribution in [0.25, 0.3) is 0 Å². The van der Waals surface area contributed by atoms with Gasteiger partial charge in [0.1, 0.15) is 17.8 Å². The Kier molecular flexibility index (Phi) is 3.08. The highest BCUT2D eigenvalue weighted by atomic mass is 16.6. The Labute approximate surface area is 119 Å². The van der Waals surface area contributed by atoms with Crippen LogP contribution in [0.15, 0.2) is 17.0 Å². The van der Waals surface area contributed by atoms with Crippen molar-refractivity contribution < 1.29 is 28.9 Å². The number of hydrogen-bond acceptors (Lipinski definition) is 7. The third-order valence-electron chi connectivity index (χ3n) is 3.07. The summed E-state index contributed by atoms with van der Waals surface area (Å²) in [5.74, 6) is -0.194. The quantitative estimate of drug-likeness (QED) is 0.627. The van der Waals surface area contributed by atoms with Gasteiger partial charge < -0.3 is 24.8 Å². The van der Waals surface area contributed by atoms with Gasteiger partial charge in [0, 0.05) is 12.2 Å². The molecule has 1 fully saturated rings. The lowest BCUT2D eigenvalue weighted by molar-refractivity contribution is -0.0988. The molecule has 0 spiro atoms. The Hall–Kier alpha value is -1.48. The summed E-state index contributed by atoms with van der Waals surface area (Å²) in [6.45, 7) is 0.0398. The van der Waals surface area contributed by atoms with Crippen molar-refractivity contribution in [2.24, 2.45) is 0 Å². The molecule has 0 aromatic carbocycles. The molecule has 2 heterocycles. The Morgan fingerprint density at radius 3 is 3.00 bits per heavy atom. The Balaban J connectivity index is 2.46. The summed E-state index contributed by atoms with van der Waals surface area (Å²) in [5.41, 5.74) is -3.01. The van der Waals surface area contributed by atoms with Crippen LogP contribution in [0.3, 0.4) is 0 Å². The number of aromatic nitrogens is 2. The van der Waals surface area contributed by atoms with E-state index in [0.29, 0.717) is 0 Å². The van der Waals surface area contributed by atoms with Crippen molar-refractivity contribution in [2.45, 2.75) is 37.9 Å². The second kappa shape index (κ2) is 5.49. The van der Waals surface area contributed by atoms with E-state index in [1.807, 2.05) is 0 Å². The van der Waals surface area contributed by atoms with E-state index >= 15 is 0 Å². The summed E-state index contributed by atoms with van der Waals surface area (Å²) in [5, 5.41) is 29.8. The lowest BCUT2D eigenvalue weighted by Crippen LogP contribution is -2.46. The van der Waals surface area contributed by atoms with E-state index in [4.69, 9.17) is 13.6 Å². The van der Waals surface area contributed by atoms with Crippen molar-refractivity contribution in [3.8, 4) is 5.88 Å². The smallest absolute Gasteiger partial charge is 0.353 e. The molecule has 1 aromatic rings. The monoisotopic (exact) mass is 289 g/mol. The SMILES string of the molecule is [2H]c1cn([C@@H]2O[C@H](C([2H])([2H])O)[C@@H](O)[C@@]2(C)O)c(=O)nc1OCC. The fourth-order valence-corrected chi connectivity index (χ4v) is 1.99. The highest BCUT2D eigenvalue weighted by Crippen LogP contribution is 2.37. The topological polar surface area (TPSA) is 114 Å². The van der Waals surface area contributed by atoms with Gasteiger partial charge in [-0.25, -0.2) is 4.79 Å². The van der Waals surface area contributed by atoms with Gasteiger partial charge in [-0.3, -0.25) is 4.57 Å². The van der Waals surface area contributed by atoms with Crippen LogP contribution in [0, 0.1) is 0 Å². The molecule has 2 rings (SSSR count). The van der Waals surface area contributed by atoms with Gasteiger partial charge in [0.25, 0.3) is 0 Å². The van der Waals surface area contributed by atoms with E-state index < -0.39 is 36.3 Å². The molecule has 0 bridgehead atoms. The van der Waals surface area contributed by atoms with Crippen LogP contribution in [0.5, 0.6) is 5.88 Å². The molecule has 1 aromatic heterocycles. The van der Waals surface area contributed by atoms with Gasteiger partial charge >= 0.3 is 5.69 Å². The maximum atomic E-state index is 12.1. The Morgan fingerprint density at radius 2 is 2.45 bits per heavy atom. The summed E-state index contributed by atoms with van der Waals surface area (Å²) in [6, 6.07) is -0.254. The Morgan fingerprint density at radius 1 is 1.75 bits per heavy atom. The molecule has 8 nitrogen and oxygen atoms in total. The lowest BCUT2D eigenvalue weighted by atomic mass is 9.96. The van der Waals surface area contributed by atoms with Crippen LogP contribution in [0.2, 0.25) is 0 Å². The normalized spacial score (nSPS) is 36.2. The van der Waals surface area contributed by atoms with Crippen LogP contribution in [-0.4, -0.2) is 55.8 Å². The maximum absolute atomic E-state index is 12.1. The van der Waals surface area contributed by atoms with Crippen molar-refractivity contribution in [1.82, 2.24) is 9.55 Å². The molecule has 0 amide bonds. The van der Waals surface area contributed by atoms with Crippen LogP contribution < -0.4 is 10.4 Å². The van der Waals surface area contributed by atoms with Crippen molar-refractivity contribution >= 4 is 0 Å². The summed E-state index contributed by atoms with van der Waals surface area (Å²) in [6.07, 6.45) is -4.12. The second-order valence-corrected chi connectivity index (χ2v) is 4.52. The second-order valence-electron chi connectivity index (χ2n) is 4.52. The molecule has 1 aliphatic rings. The largest absolute Gasteiger partial charge is 0.478 e. The molecule has 4 atom stereocenters. The van der Waals surface area contributed by atoms with Crippen molar-refractivity contribution in [2.75, 3.05) is 13.2 Å². The van der Waals surface area contributed by atoms with Crippen LogP contribution in [-0.2, 0) is 4.74 Å². The minimum absolute atomic E-state index is 0.194. The first-order valence-corrected chi connectivity index (χ1v) is 6.01. The first-order valence-electron chi connectivity index (χ1n) is 7.51. The number of rotatable bonds is 4. The van der Waals surface area contributed by atoms with E-state index in [0.717, 1.165) is 17.7 Å². The maximum Gasteiger partial charge on any atom is 0.353 e. The average Bonchev–Trinajstić information content (AvgIpc) is 2.65. The number of hydrogen-bond donors (Lipinski definition) is 3. The first kappa shape index (κ1) is 11.2. The third-order valence-corrected chi connectivity index (χ3v) is 3.07. The van der Waals surface area contributed by atoms with Crippen LogP contribution >= 0.6 is 0 Å². The highest BCUT2D eigenvalue weighted by molar-refractivity contribution is 5.08. The molecule has 0 radical (unpaired) electrons. The first-order chi connectivity index (χ1) is 10.5. The van der Waals surface area contributed by atoms with E-state index in [1.165, 1.54) is 0 Å². The lowest BCUT2D eigenvalue weighted by Gasteiger charge is -2.27. The molecule has 0 saturated carbocycles. The predicted molar refractivity (Wildman–Crippen MR) is 67.3 cm³/mol. The van der Waals surface area contributed by atoms with Gasteiger partial charge in [-0.15, -0.1) is 0 Å². The molecule has 1 aliphatic heterocycles. The summed E-state index contributed by atoms with van der Waals surface area (Å²) in [4.78, 5) is 15.6. The third kappa shape index (κ3) is 2.42. The predicted octanol–water partition coefficient (Wildman–Crippen LogP) is -1.36. The average molecular weight is 289 g/mol. The molecule has 3 N–H and O–H groups in total. The summed E-state index contributed by atoms with van der Waals surface area (Å²) >= 11 is 0. The van der Waals surface area contributed by atoms with Gasteiger partial charge in [-0.1, -0.05) is 0 Å². The molecule has 0 unspecified atom stereocenters. The van der Waals surface area contributed by atoms with Crippen LogP contribution in [0.4, 0.5) is 0 Å². The fourth-order valence-electron chi connectivity index (χ4n) is 1.99. The van der Waals surface area contributed by atoms with E-state index in [-0.39, 0.29) is 18.5 Å². The zero-order valence-electron chi connectivity index (χ0n) is 14.0. The van der Waals surface area contributed by atoms with Gasteiger partial charge in [0.05, 0.1) is 17.3 Å². The Bertz CT molecular complexity index is 645. The fraction of sp³-hybridized carbons (Fsp3) is 0.667. The molecule has 112 valence electrons. The van der Waals surface area contributed by atoms with Gasteiger partial charge in [-0.2, -0.15) is 4.98 Å². The molecule has 20 heavy (non-hydrogen) atoms. The standard InChI is InChI=1S/C12H18N2O6/c1-3-19-8-4-5-14(11(17)13-8)10-12(2,18)9(16)7(6-15)20-10/h4-5,7,9-10,15-16,18H,3,6H2,1-2H3/t7-,9-,10-,12-/m1/s1/i4D,6D2. The molecular formula is C12H18N2O6. The van der Waals surface area contributed by atoms with Crippen molar-refractivity contribution in [1.29, 1.82) is 0 Å². The van der Waals surface area contributed by atoms with Gasteiger partial charge in [0.2, 0.25) is 5.88 Å². The molecule has 8 heteroatoms. The molecular weight excluding hydrogens is 268 g/mol. The minimum atomic E-state index is -2.94. The van der Waals surface area contributed by atoms with Crippen LogP contribution in [0.1, 0.15) is 24.2 Å². The van der Waals surface area contributed by atoms with Gasteiger partial charge in [0.15, 0.2) is 6.23 Å². The zero-order chi connectivity index (χ0) is 17.6. The van der Waals surface area contributed by atoms with E-state index in [9.17, 15) is 20.1 Å². The number of ether oxygens (including phenoxy) is 2. The zero-order valence-corrected chi connectivity index (χ0v) is 11.0. The summed E-state index contributed by atoms with van der Waals surface area (Å²) < 4.78 is 33.2. The van der Waals surface area contributed by atoms with E-state index in [1.54, 1.807) is 6.92 Å². The number of nitrogens with zero attached hydrogens (tertiary/aromatic N) is 2. The minimum Gasteiger partial charge on any atom is -0.478 e. The van der Waals surface area contributed by atoms with Crippen molar-refractivity contribution in [3.63, 3.8) is 0 Å². The molecule has 0 aliphatic carbocycles. The number of aliphatic hydroxyl groups excluding tert-OH is 1.